The van der Waals surface area contributed by atoms with E-state index in [1.54, 1.807) is 24.3 Å². The summed E-state index contributed by atoms with van der Waals surface area (Å²) in [6.07, 6.45) is 0.421. The quantitative estimate of drug-likeness (QED) is 0.690. The number of hydrogen-bond donors (Lipinski definition) is 2. The van der Waals surface area contributed by atoms with E-state index < -0.39 is 15.9 Å². The molecule has 2 aromatic rings. The predicted molar refractivity (Wildman–Crippen MR) is 113 cm³/mol. The molecule has 9 nitrogen and oxygen atoms in total. The molecule has 0 saturated carbocycles. The Morgan fingerprint density at radius 1 is 1.19 bits per heavy atom. The van der Waals surface area contributed by atoms with Gasteiger partial charge in [-0.05, 0) is 42.3 Å². The second-order valence-corrected chi connectivity index (χ2v) is 9.47. The standard InChI is InChI=1S/C21H23N3O6S/c1-24(31(27,28)16-7-8-17-14(10-16)6-9-20(25)23-17)12-21(26)22-11-15-13-29-18-4-2-3-5-19(18)30-15/h2-5,7-8,10,15H,6,9,11-13H2,1H3,(H,22,26)(H,23,25). The van der Waals surface area contributed by atoms with Gasteiger partial charge in [0.1, 0.15) is 12.7 Å². The molecule has 1 unspecified atom stereocenters. The maximum Gasteiger partial charge on any atom is 0.243 e. The summed E-state index contributed by atoms with van der Waals surface area (Å²) in [5.41, 5.74) is 1.38. The van der Waals surface area contributed by atoms with Crippen molar-refractivity contribution in [3.05, 3.63) is 48.0 Å². The average Bonchev–Trinajstić information content (AvgIpc) is 2.77. The van der Waals surface area contributed by atoms with E-state index in [4.69, 9.17) is 9.47 Å². The molecule has 2 N–H and O–H groups in total. The van der Waals surface area contributed by atoms with Crippen molar-refractivity contribution in [3.8, 4) is 11.5 Å². The smallest absolute Gasteiger partial charge is 0.243 e. The Bertz CT molecular complexity index is 1120. The van der Waals surface area contributed by atoms with Gasteiger partial charge in [-0.25, -0.2) is 8.42 Å². The molecule has 4 rings (SSSR count). The first kappa shape index (κ1) is 21.1. The van der Waals surface area contributed by atoms with Gasteiger partial charge in [0, 0.05) is 19.2 Å². The van der Waals surface area contributed by atoms with Crippen LogP contribution in [-0.4, -0.2) is 57.4 Å². The normalized spacial score (nSPS) is 17.6. The molecular formula is C21H23N3O6S. The van der Waals surface area contributed by atoms with E-state index in [9.17, 15) is 18.0 Å². The van der Waals surface area contributed by atoms with Crippen LogP contribution < -0.4 is 20.1 Å². The molecule has 2 heterocycles. The van der Waals surface area contributed by atoms with Crippen LogP contribution in [0, 0.1) is 0 Å². The molecule has 1 atom stereocenters. The molecule has 0 saturated heterocycles. The van der Waals surface area contributed by atoms with E-state index in [0.717, 1.165) is 9.87 Å². The van der Waals surface area contributed by atoms with Gasteiger partial charge in [0.2, 0.25) is 21.8 Å². The third-order valence-corrected chi connectivity index (χ3v) is 6.94. The van der Waals surface area contributed by atoms with Crippen LogP contribution in [0.2, 0.25) is 0 Å². The lowest BCUT2D eigenvalue weighted by Gasteiger charge is -2.26. The molecule has 2 amide bonds. The number of carbonyl (C=O) groups excluding carboxylic acids is 2. The van der Waals surface area contributed by atoms with E-state index in [1.165, 1.54) is 13.1 Å². The van der Waals surface area contributed by atoms with Gasteiger partial charge in [-0.1, -0.05) is 12.1 Å². The van der Waals surface area contributed by atoms with Crippen molar-refractivity contribution >= 4 is 27.5 Å². The van der Waals surface area contributed by atoms with Crippen LogP contribution in [0.15, 0.2) is 47.4 Å². The summed E-state index contributed by atoms with van der Waals surface area (Å²) in [5, 5.41) is 5.42. The molecule has 2 aromatic carbocycles. The van der Waals surface area contributed by atoms with E-state index in [0.29, 0.717) is 30.0 Å². The van der Waals surface area contributed by atoms with Crippen LogP contribution in [0.25, 0.3) is 0 Å². The number of nitrogens with zero attached hydrogens (tertiary/aromatic N) is 1. The minimum atomic E-state index is -3.86. The number of amides is 2. The highest BCUT2D eigenvalue weighted by atomic mass is 32.2. The molecule has 10 heteroatoms. The fourth-order valence-corrected chi connectivity index (χ4v) is 4.61. The Morgan fingerprint density at radius 3 is 2.77 bits per heavy atom. The summed E-state index contributed by atoms with van der Waals surface area (Å²) >= 11 is 0. The summed E-state index contributed by atoms with van der Waals surface area (Å²) in [4.78, 5) is 23.9. The van der Waals surface area contributed by atoms with Crippen molar-refractivity contribution in [1.82, 2.24) is 9.62 Å². The van der Waals surface area contributed by atoms with Crippen molar-refractivity contribution in [2.24, 2.45) is 0 Å². The van der Waals surface area contributed by atoms with Gasteiger partial charge in [-0.15, -0.1) is 0 Å². The first-order valence-corrected chi connectivity index (χ1v) is 11.3. The van der Waals surface area contributed by atoms with Crippen molar-refractivity contribution in [1.29, 1.82) is 0 Å². The predicted octanol–water partition coefficient (Wildman–Crippen LogP) is 1.15. The molecule has 0 bridgehead atoms. The third-order valence-electron chi connectivity index (χ3n) is 5.14. The van der Waals surface area contributed by atoms with Gasteiger partial charge in [-0.3, -0.25) is 9.59 Å². The zero-order valence-electron chi connectivity index (χ0n) is 17.0. The Balaban J connectivity index is 1.34. The number of fused-ring (bicyclic) bond motifs is 2. The van der Waals surface area contributed by atoms with E-state index in [1.807, 2.05) is 12.1 Å². The lowest BCUT2D eigenvalue weighted by Crippen LogP contribution is -2.44. The molecular weight excluding hydrogens is 422 g/mol. The minimum absolute atomic E-state index is 0.0818. The maximum atomic E-state index is 12.9. The second-order valence-electron chi connectivity index (χ2n) is 7.43. The molecule has 0 aromatic heterocycles. The lowest BCUT2D eigenvalue weighted by atomic mass is 10.0. The number of rotatable bonds is 6. The number of sulfonamides is 1. The fraction of sp³-hybridized carbons (Fsp3) is 0.333. The average molecular weight is 445 g/mol. The number of ether oxygens (including phenoxy) is 2. The van der Waals surface area contributed by atoms with Crippen LogP contribution >= 0.6 is 0 Å². The van der Waals surface area contributed by atoms with Crippen LogP contribution in [-0.2, 0) is 26.0 Å². The number of likely N-dealkylation sites (N-methyl/N-ethyl adjacent to an activating group) is 1. The third kappa shape index (κ3) is 4.64. The van der Waals surface area contributed by atoms with Crippen molar-refractivity contribution in [2.45, 2.75) is 23.8 Å². The first-order chi connectivity index (χ1) is 14.8. The van der Waals surface area contributed by atoms with E-state index in [-0.39, 0.29) is 36.6 Å². The molecule has 164 valence electrons. The number of hydrogen-bond acceptors (Lipinski definition) is 6. The summed E-state index contributed by atoms with van der Waals surface area (Å²) in [7, 11) is -2.51. The SMILES string of the molecule is CN(CC(=O)NCC1COc2ccccc2O1)S(=O)(=O)c1ccc2c(c1)CCC(=O)N2. The largest absolute Gasteiger partial charge is 0.486 e. The minimum Gasteiger partial charge on any atom is -0.486 e. The van der Waals surface area contributed by atoms with Gasteiger partial charge < -0.3 is 20.1 Å². The summed E-state index contributed by atoms with van der Waals surface area (Å²) in [6.45, 7) is 0.150. The first-order valence-electron chi connectivity index (χ1n) is 9.87. The monoisotopic (exact) mass is 445 g/mol. The van der Waals surface area contributed by atoms with Crippen LogP contribution in [0.3, 0.4) is 0 Å². The molecule has 2 aliphatic rings. The van der Waals surface area contributed by atoms with Crippen LogP contribution in [0.4, 0.5) is 5.69 Å². The Morgan fingerprint density at radius 2 is 1.97 bits per heavy atom. The van der Waals surface area contributed by atoms with Gasteiger partial charge in [0.25, 0.3) is 0 Å². The lowest BCUT2D eigenvalue weighted by molar-refractivity contribution is -0.121. The number of para-hydroxylation sites is 2. The number of anilines is 1. The molecule has 2 aliphatic heterocycles. The molecule has 0 fully saturated rings. The van der Waals surface area contributed by atoms with Gasteiger partial charge in [0.15, 0.2) is 11.5 Å². The highest BCUT2D eigenvalue weighted by Crippen LogP contribution is 2.30. The van der Waals surface area contributed by atoms with Gasteiger partial charge in [0.05, 0.1) is 18.0 Å². The van der Waals surface area contributed by atoms with Crippen molar-refractivity contribution in [3.63, 3.8) is 0 Å². The maximum absolute atomic E-state index is 12.9. The van der Waals surface area contributed by atoms with E-state index in [2.05, 4.69) is 10.6 Å². The fourth-order valence-electron chi connectivity index (χ4n) is 3.43. The number of nitrogens with one attached hydrogen (secondary N) is 2. The van der Waals surface area contributed by atoms with Crippen molar-refractivity contribution < 1.29 is 27.5 Å². The second kappa shape index (κ2) is 8.56. The molecule has 0 spiro atoms. The van der Waals surface area contributed by atoms with Crippen LogP contribution in [0.5, 0.6) is 11.5 Å². The number of aryl methyl sites for hydroxylation is 1. The Labute approximate surface area is 180 Å². The van der Waals surface area contributed by atoms with Crippen LogP contribution in [0.1, 0.15) is 12.0 Å². The highest BCUT2D eigenvalue weighted by Gasteiger charge is 2.26. The van der Waals surface area contributed by atoms with Gasteiger partial charge in [-0.2, -0.15) is 4.31 Å². The zero-order valence-corrected chi connectivity index (χ0v) is 17.8. The number of carbonyl (C=O) groups is 2. The topological polar surface area (TPSA) is 114 Å². The van der Waals surface area contributed by atoms with E-state index >= 15 is 0 Å². The Kier molecular flexibility index (Phi) is 5.84. The molecule has 31 heavy (non-hydrogen) atoms. The zero-order chi connectivity index (χ0) is 22.0. The van der Waals surface area contributed by atoms with Crippen molar-refractivity contribution in [2.75, 3.05) is 32.1 Å². The molecule has 0 radical (unpaired) electrons. The summed E-state index contributed by atoms with van der Waals surface area (Å²) < 4.78 is 38.1. The summed E-state index contributed by atoms with van der Waals surface area (Å²) in [5.74, 6) is 0.725. The molecule has 0 aliphatic carbocycles. The summed E-state index contributed by atoms with van der Waals surface area (Å²) in [6, 6.07) is 11.8. The number of benzene rings is 2. The Hall–Kier alpha value is -3.11. The van der Waals surface area contributed by atoms with Gasteiger partial charge >= 0.3 is 0 Å². The highest BCUT2D eigenvalue weighted by molar-refractivity contribution is 7.89.